The maximum absolute atomic E-state index is 11.8. The number of rotatable bonds is 20. The normalized spacial score (nSPS) is 51.4. The second-order valence-corrected chi connectivity index (χ2v) is 28.6. The molecule has 0 radical (unpaired) electrons. The lowest BCUT2D eigenvalue weighted by atomic mass is 9.39. The molecule has 0 spiro atoms. The van der Waals surface area contributed by atoms with Gasteiger partial charge in [0.15, 0.2) is 31.5 Å². The van der Waals surface area contributed by atoms with Crippen molar-refractivity contribution < 1.29 is 139 Å². The summed E-state index contributed by atoms with van der Waals surface area (Å²) in [4.78, 5) is 0. The molecule has 8 fully saturated rings. The van der Waals surface area contributed by atoms with E-state index in [1.54, 1.807) is 13.8 Å². The second kappa shape index (κ2) is 27.4. The van der Waals surface area contributed by atoms with Crippen LogP contribution in [-0.2, 0) is 47.4 Å². The Hall–Kier alpha value is -1.38. The zero-order chi connectivity index (χ0) is 64.7. The van der Waals surface area contributed by atoms with E-state index in [2.05, 4.69) is 47.6 Å². The fourth-order valence-electron chi connectivity index (χ4n) is 17.1. The van der Waals surface area contributed by atoms with Crippen LogP contribution < -0.4 is 0 Å². The van der Waals surface area contributed by atoms with Gasteiger partial charge in [0.25, 0.3) is 0 Å². The lowest BCUT2D eigenvalue weighted by Crippen LogP contribution is -2.65. The Kier molecular flexibility index (Phi) is 22.1. The van der Waals surface area contributed by atoms with E-state index in [0.29, 0.717) is 18.8 Å². The van der Waals surface area contributed by atoms with Crippen LogP contribution in [0.1, 0.15) is 113 Å². The lowest BCUT2D eigenvalue weighted by molar-refractivity contribution is -0.380. The topological polar surface area (TPSA) is 456 Å². The number of fused-ring (bicyclic) bond motifs is 5. The van der Waals surface area contributed by atoms with Gasteiger partial charge in [0.05, 0.1) is 50.8 Å². The molecule has 9 aliphatic rings. The summed E-state index contributed by atoms with van der Waals surface area (Å²) in [5, 5.41) is 193. The van der Waals surface area contributed by atoms with Crippen molar-refractivity contribution in [2.75, 3.05) is 33.0 Å². The summed E-state index contributed by atoms with van der Waals surface area (Å²) in [6.07, 6.45) is -33.8. The van der Waals surface area contributed by atoms with Gasteiger partial charge in [-0.1, -0.05) is 53.2 Å². The average molecular weight is 1270 g/mol. The van der Waals surface area contributed by atoms with Crippen molar-refractivity contribution in [3.05, 3.63) is 11.6 Å². The Morgan fingerprint density at radius 2 is 0.966 bits per heavy atom. The summed E-state index contributed by atoms with van der Waals surface area (Å²) in [7, 11) is 0. The van der Waals surface area contributed by atoms with Gasteiger partial charge in [0, 0.05) is 5.41 Å². The first-order valence-corrected chi connectivity index (χ1v) is 31.5. The third-order valence-electron chi connectivity index (χ3n) is 22.8. The molecule has 0 bridgehead atoms. The van der Waals surface area contributed by atoms with Crippen molar-refractivity contribution in [3.63, 3.8) is 0 Å². The first kappa shape index (κ1) is 70.9. The van der Waals surface area contributed by atoms with E-state index in [-0.39, 0.29) is 40.4 Å². The van der Waals surface area contributed by atoms with Gasteiger partial charge in [-0.25, -0.2) is 0 Å². The number of hydrogen-bond donors (Lipinski definition) is 18. The highest BCUT2D eigenvalue weighted by molar-refractivity contribution is 5.30. The van der Waals surface area contributed by atoms with Gasteiger partial charge in [-0.3, -0.25) is 0 Å². The largest absolute Gasteiger partial charge is 0.394 e. The number of aliphatic hydroxyl groups is 18. The zero-order valence-electron chi connectivity index (χ0n) is 51.5. The molecule has 5 aliphatic heterocycles. The molecule has 0 unspecified atom stereocenters. The second-order valence-electron chi connectivity index (χ2n) is 28.6. The highest BCUT2D eigenvalue weighted by Crippen LogP contribution is 2.75. The Bertz CT molecular complexity index is 2310. The van der Waals surface area contributed by atoms with E-state index in [1.165, 1.54) is 5.57 Å². The molecule has 28 heteroatoms. The molecule has 0 aromatic rings. The van der Waals surface area contributed by atoms with Crippen LogP contribution in [0, 0.1) is 45.3 Å². The van der Waals surface area contributed by atoms with Crippen LogP contribution >= 0.6 is 0 Å². The van der Waals surface area contributed by atoms with E-state index >= 15 is 0 Å². The molecule has 9 rings (SSSR count). The third kappa shape index (κ3) is 12.8. The maximum Gasteiger partial charge on any atom is 0.187 e. The van der Waals surface area contributed by atoms with Crippen LogP contribution in [0.4, 0.5) is 0 Å². The Morgan fingerprint density at radius 1 is 0.500 bits per heavy atom. The highest BCUT2D eigenvalue weighted by Gasteiger charge is 2.68. The predicted molar refractivity (Wildman–Crippen MR) is 299 cm³/mol. The Morgan fingerprint density at radius 3 is 1.51 bits per heavy atom. The summed E-state index contributed by atoms with van der Waals surface area (Å²) in [5.74, 6) is 0.828. The number of aliphatic hydroxyl groups excluding tert-OH is 17. The van der Waals surface area contributed by atoms with E-state index < -0.39 is 210 Å². The van der Waals surface area contributed by atoms with Crippen molar-refractivity contribution in [2.45, 2.75) is 285 Å². The Labute approximate surface area is 512 Å². The first-order chi connectivity index (χ1) is 41.2. The lowest BCUT2D eigenvalue weighted by Gasteiger charge is -2.66. The SMILES string of the molecule is C[C@H](CC[C@@H](O[C@@H]1O[C@H](CO[C@@H]2O[C@H](CO)[C@@H](O)[C@H](O)[C@H]2O)[C@@H](O)[C@H](O)[C@H]1O[C@@H]1O[C@H](CO)[C@@H](O)[C@H](O)[C@H]1O)C(C)(C)O)[C@H]1CC[C@@]2(C)[C@@H]3CC=C4[C@@H](CC[C@H](O[C@@H]5O[C@H](CO)[C@@H](O[C@@H]6O[C@H](CO)[C@@H](O)[C@H](O)[C@H]6O)[C@H](O)[C@H]5O)C4(C)C)[C@]3(C)CC[C@]12C. The summed E-state index contributed by atoms with van der Waals surface area (Å²) < 4.78 is 59.7. The number of allylic oxidation sites excluding steroid dienone is 1. The van der Waals surface area contributed by atoms with Gasteiger partial charge < -0.3 is 139 Å². The fourth-order valence-corrected chi connectivity index (χ4v) is 17.1. The van der Waals surface area contributed by atoms with Crippen molar-refractivity contribution in [1.29, 1.82) is 0 Å². The van der Waals surface area contributed by atoms with Crippen LogP contribution in [0.15, 0.2) is 11.6 Å². The van der Waals surface area contributed by atoms with Crippen LogP contribution in [0.2, 0.25) is 0 Å². The van der Waals surface area contributed by atoms with Gasteiger partial charge in [0.2, 0.25) is 0 Å². The zero-order valence-corrected chi connectivity index (χ0v) is 51.5. The minimum atomic E-state index is -1.93. The van der Waals surface area contributed by atoms with Crippen molar-refractivity contribution in [3.8, 4) is 0 Å². The molecule has 0 aromatic carbocycles. The molecular weight excluding hydrogens is 1170 g/mol. The van der Waals surface area contributed by atoms with Crippen molar-refractivity contribution >= 4 is 0 Å². The van der Waals surface area contributed by atoms with E-state index in [9.17, 15) is 91.9 Å². The standard InChI is InChI=1S/C60H102O28/c1-24(9-13-35(57(4,5)78)86-55-50(88-54-47(76)42(71)38(67)30(21-63)82-54)43(72)39(68)32(84-55)23-79-51-45(74)40(69)36(65)28(19-61)80-51)25-15-16-60(8)33-12-10-26-27(58(33,6)17-18-59(25,60)7)11-14-34(56(26,2)3)85-52-48(77)44(73)49(31(22-64)83-52)87-53-46(75)41(70)37(66)29(20-62)81-53/h10,24-25,27-55,61-78H,9,11-23H2,1-8H3/t24-,25-,27-,28-,29-,30-,31-,32-,33-,34+,35-,36-,37-,38-,39-,40+,41+,42+,43+,44-,45-,46-,47-,48-,49-,50-,51-,52+,53+,54+,55+,58+,59-,60+/m1/s1. The molecule has 0 aromatic heterocycles. The smallest absolute Gasteiger partial charge is 0.187 e. The van der Waals surface area contributed by atoms with Gasteiger partial charge in [-0.05, 0) is 112 Å². The molecule has 4 aliphatic carbocycles. The quantitative estimate of drug-likeness (QED) is 0.0512. The molecule has 0 amide bonds. The molecule has 5 heterocycles. The van der Waals surface area contributed by atoms with Gasteiger partial charge >= 0.3 is 0 Å². The van der Waals surface area contributed by atoms with Gasteiger partial charge in [-0.15, -0.1) is 0 Å². The van der Waals surface area contributed by atoms with Crippen molar-refractivity contribution in [1.82, 2.24) is 0 Å². The molecule has 28 nitrogen and oxygen atoms in total. The minimum Gasteiger partial charge on any atom is -0.394 e. The van der Waals surface area contributed by atoms with Crippen LogP contribution in [0.25, 0.3) is 0 Å². The molecule has 3 saturated carbocycles. The molecule has 18 N–H and O–H groups in total. The minimum absolute atomic E-state index is 0.0854. The van der Waals surface area contributed by atoms with Crippen molar-refractivity contribution in [2.24, 2.45) is 45.3 Å². The van der Waals surface area contributed by atoms with E-state index in [4.69, 9.17) is 47.4 Å². The Balaban J connectivity index is 0.872. The molecule has 5 saturated heterocycles. The fraction of sp³-hybridized carbons (Fsp3) is 0.967. The number of ether oxygens (including phenoxy) is 10. The molecule has 88 heavy (non-hydrogen) atoms. The molecular formula is C60H102O28. The monoisotopic (exact) mass is 1270 g/mol. The van der Waals surface area contributed by atoms with E-state index in [0.717, 1.165) is 38.5 Å². The van der Waals surface area contributed by atoms with Gasteiger partial charge in [0.1, 0.15) is 122 Å². The molecule has 34 atom stereocenters. The van der Waals surface area contributed by atoms with Crippen LogP contribution in [0.5, 0.6) is 0 Å². The first-order valence-electron chi connectivity index (χ1n) is 31.5. The van der Waals surface area contributed by atoms with Gasteiger partial charge in [-0.2, -0.15) is 0 Å². The average Bonchev–Trinajstić information content (AvgIpc) is 1.34. The predicted octanol–water partition coefficient (Wildman–Crippen LogP) is -4.38. The van der Waals surface area contributed by atoms with E-state index in [1.807, 2.05) is 0 Å². The third-order valence-corrected chi connectivity index (χ3v) is 22.8. The number of hydrogen-bond acceptors (Lipinski definition) is 28. The summed E-state index contributed by atoms with van der Waals surface area (Å²) in [5.41, 5.74) is -1.21. The summed E-state index contributed by atoms with van der Waals surface area (Å²) in [6.45, 7) is 13.2. The maximum atomic E-state index is 11.8. The highest BCUT2D eigenvalue weighted by atomic mass is 16.8. The summed E-state index contributed by atoms with van der Waals surface area (Å²) in [6, 6.07) is 0. The summed E-state index contributed by atoms with van der Waals surface area (Å²) >= 11 is 0. The molecule has 510 valence electrons. The van der Waals surface area contributed by atoms with Crippen LogP contribution in [0.3, 0.4) is 0 Å². The van der Waals surface area contributed by atoms with Crippen LogP contribution in [-0.4, -0.2) is 296 Å².